The molecule has 1 unspecified atom stereocenters. The molecule has 1 atom stereocenters. The van der Waals surface area contributed by atoms with Gasteiger partial charge in [-0.25, -0.2) is 0 Å². The fourth-order valence-electron chi connectivity index (χ4n) is 5.16. The Labute approximate surface area is 217 Å². The lowest BCUT2D eigenvalue weighted by molar-refractivity contribution is -0.137. The van der Waals surface area contributed by atoms with Crippen LogP contribution in [0.15, 0.2) is 59.1 Å². The average Bonchev–Trinajstić information content (AvgIpc) is 3.36. The molecule has 4 aromatic rings. The number of nitrogens with one attached hydrogen (secondary N) is 1. The summed E-state index contributed by atoms with van der Waals surface area (Å²) in [6.07, 6.45) is 0.753. The number of hydrogen-bond acceptors (Lipinski definition) is 6. The molecule has 0 radical (unpaired) electrons. The molecule has 194 valence electrons. The normalized spacial score (nSPS) is 19.2. The summed E-state index contributed by atoms with van der Waals surface area (Å²) in [4.78, 5) is 4.28. The first-order valence-electron chi connectivity index (χ1n) is 12.1. The van der Waals surface area contributed by atoms with Crippen LogP contribution >= 0.6 is 11.6 Å². The highest BCUT2D eigenvalue weighted by Crippen LogP contribution is 2.41. The van der Waals surface area contributed by atoms with Crippen molar-refractivity contribution in [2.75, 3.05) is 19.0 Å². The first-order valence-corrected chi connectivity index (χ1v) is 12.5. The fraction of sp³-hybridized carbons (Fsp3) is 0.370. The number of anilines is 1. The van der Waals surface area contributed by atoms with E-state index in [2.05, 4.69) is 20.5 Å². The second-order valence-corrected chi connectivity index (χ2v) is 9.80. The van der Waals surface area contributed by atoms with Crippen molar-refractivity contribution < 1.29 is 22.3 Å². The van der Waals surface area contributed by atoms with Gasteiger partial charge in [-0.2, -0.15) is 13.2 Å². The Balaban J connectivity index is 1.28. The van der Waals surface area contributed by atoms with Crippen LogP contribution in [-0.4, -0.2) is 34.9 Å². The number of benzene rings is 2. The maximum absolute atomic E-state index is 13.3. The molecule has 1 aliphatic rings. The second-order valence-electron chi connectivity index (χ2n) is 9.37. The van der Waals surface area contributed by atoms with Crippen LogP contribution in [0.1, 0.15) is 42.7 Å². The Kier molecular flexibility index (Phi) is 7.35. The smallest absolute Gasteiger partial charge is 0.403 e. The van der Waals surface area contributed by atoms with E-state index < -0.39 is 11.7 Å². The summed E-state index contributed by atoms with van der Waals surface area (Å²) in [5, 5.41) is 12.8. The van der Waals surface area contributed by atoms with Crippen LogP contribution in [0.25, 0.3) is 22.4 Å². The van der Waals surface area contributed by atoms with Gasteiger partial charge in [0.1, 0.15) is 0 Å². The highest BCUT2D eigenvalue weighted by molar-refractivity contribution is 6.30. The number of methoxy groups -OCH3 is 1. The van der Waals surface area contributed by atoms with E-state index in [9.17, 15) is 13.2 Å². The number of nitrogens with zero attached hydrogens (tertiary/aromatic N) is 3. The molecule has 5 rings (SSSR count). The number of rotatable bonds is 7. The van der Waals surface area contributed by atoms with E-state index >= 15 is 0 Å². The van der Waals surface area contributed by atoms with Crippen LogP contribution in [0.3, 0.4) is 0 Å². The molecule has 37 heavy (non-hydrogen) atoms. The van der Waals surface area contributed by atoms with Gasteiger partial charge in [-0.15, -0.1) is 5.10 Å². The van der Waals surface area contributed by atoms with Gasteiger partial charge in [0.2, 0.25) is 5.89 Å². The van der Waals surface area contributed by atoms with E-state index in [-0.39, 0.29) is 17.9 Å². The van der Waals surface area contributed by atoms with Gasteiger partial charge in [0.25, 0.3) is 0 Å². The summed E-state index contributed by atoms with van der Waals surface area (Å²) in [6.45, 7) is 0.459. The third kappa shape index (κ3) is 5.72. The summed E-state index contributed by atoms with van der Waals surface area (Å²) in [5.41, 5.74) is 1.63. The van der Waals surface area contributed by atoms with E-state index in [0.29, 0.717) is 34.4 Å². The molecule has 1 fully saturated rings. The zero-order valence-corrected chi connectivity index (χ0v) is 20.9. The van der Waals surface area contributed by atoms with Gasteiger partial charge in [-0.05, 0) is 91.6 Å². The van der Waals surface area contributed by atoms with Gasteiger partial charge in [0, 0.05) is 29.3 Å². The lowest BCUT2D eigenvalue weighted by atomic mass is 9.75. The molecule has 1 N–H and O–H groups in total. The molecule has 0 aliphatic heterocycles. The van der Waals surface area contributed by atoms with E-state index in [1.165, 1.54) is 12.1 Å². The number of alkyl halides is 3. The molecule has 1 saturated carbocycles. The second kappa shape index (κ2) is 10.7. The summed E-state index contributed by atoms with van der Waals surface area (Å²) in [5.74, 6) is 0.830. The van der Waals surface area contributed by atoms with Crippen LogP contribution in [0.2, 0.25) is 5.02 Å². The maximum Gasteiger partial charge on any atom is 0.416 e. The number of hydrogen-bond donors (Lipinski definition) is 1. The van der Waals surface area contributed by atoms with E-state index in [0.717, 1.165) is 42.9 Å². The van der Waals surface area contributed by atoms with Gasteiger partial charge < -0.3 is 14.5 Å². The molecule has 2 aromatic heterocycles. The quantitative estimate of drug-likeness (QED) is 0.269. The van der Waals surface area contributed by atoms with E-state index in [1.807, 2.05) is 18.2 Å². The molecule has 0 spiro atoms. The zero-order chi connectivity index (χ0) is 26.0. The number of pyridine rings is 1. The number of aromatic nitrogens is 3. The summed E-state index contributed by atoms with van der Waals surface area (Å²) in [7, 11) is 1.65. The van der Waals surface area contributed by atoms with Crippen LogP contribution in [0.5, 0.6) is 0 Å². The molecule has 2 aromatic carbocycles. The van der Waals surface area contributed by atoms with Gasteiger partial charge in [0.15, 0.2) is 0 Å². The Morgan fingerprint density at radius 2 is 1.81 bits per heavy atom. The highest BCUT2D eigenvalue weighted by Gasteiger charge is 2.33. The predicted octanol–water partition coefficient (Wildman–Crippen LogP) is 7.36. The van der Waals surface area contributed by atoms with Gasteiger partial charge in [-0.1, -0.05) is 16.7 Å². The van der Waals surface area contributed by atoms with Crippen molar-refractivity contribution in [3.63, 3.8) is 0 Å². The Hall–Kier alpha value is -3.17. The minimum absolute atomic E-state index is 0.0458. The van der Waals surface area contributed by atoms with E-state index in [1.54, 1.807) is 25.4 Å². The number of halogens is 4. The van der Waals surface area contributed by atoms with Gasteiger partial charge in [0.05, 0.1) is 23.7 Å². The summed E-state index contributed by atoms with van der Waals surface area (Å²) >= 11 is 5.96. The largest absolute Gasteiger partial charge is 0.416 e. The van der Waals surface area contributed by atoms with Crippen molar-refractivity contribution in [1.82, 2.24) is 15.2 Å². The highest BCUT2D eigenvalue weighted by atomic mass is 35.5. The molecule has 0 bridgehead atoms. The lowest BCUT2D eigenvalue weighted by Crippen LogP contribution is -2.35. The topological polar surface area (TPSA) is 73.1 Å². The number of ether oxygens (including phenoxy) is 1. The summed E-state index contributed by atoms with van der Waals surface area (Å²) < 4.78 is 51.3. The molecule has 0 saturated heterocycles. The van der Waals surface area contributed by atoms with Crippen LogP contribution in [0, 0.1) is 5.92 Å². The first kappa shape index (κ1) is 25.5. The molecule has 1 aliphatic carbocycles. The number of fused-ring (bicyclic) bond motifs is 1. The Bertz CT molecular complexity index is 1350. The molecule has 2 heterocycles. The van der Waals surface area contributed by atoms with Crippen molar-refractivity contribution >= 4 is 28.5 Å². The van der Waals surface area contributed by atoms with Gasteiger partial charge in [-0.3, -0.25) is 4.98 Å². The van der Waals surface area contributed by atoms with Crippen LogP contribution in [-0.2, 0) is 10.9 Å². The fourth-order valence-corrected chi connectivity index (χ4v) is 5.28. The van der Waals surface area contributed by atoms with Crippen molar-refractivity contribution in [3.05, 3.63) is 70.9 Å². The zero-order valence-electron chi connectivity index (χ0n) is 20.1. The minimum atomic E-state index is -4.39. The third-order valence-corrected chi connectivity index (χ3v) is 7.31. The molecular weight excluding hydrogens is 505 g/mol. The Morgan fingerprint density at radius 3 is 2.51 bits per heavy atom. The van der Waals surface area contributed by atoms with E-state index in [4.69, 9.17) is 20.8 Å². The van der Waals surface area contributed by atoms with Crippen molar-refractivity contribution in [3.8, 4) is 11.5 Å². The molecular formula is C27H26ClF3N4O2. The van der Waals surface area contributed by atoms with Crippen LogP contribution in [0.4, 0.5) is 19.2 Å². The van der Waals surface area contributed by atoms with Crippen LogP contribution < -0.4 is 5.32 Å². The van der Waals surface area contributed by atoms with Crippen molar-refractivity contribution in [1.29, 1.82) is 0 Å². The third-order valence-electron chi connectivity index (χ3n) is 7.05. The summed E-state index contributed by atoms with van der Waals surface area (Å²) in [6, 6.07) is 13.0. The first-order chi connectivity index (χ1) is 17.8. The standard InChI is InChI=1S/C27H26ClF3N4O2/c1-36-15-24(33-26-35-34-25(37-26)18-6-9-20(28)10-7-18)17-4-2-16(3-5-17)21-12-13-32-23-11-8-19(14-22(21)23)27(29,30)31/h6-14,16-17,24H,2-5,15H2,1H3,(H,33,35). The van der Waals surface area contributed by atoms with Crippen molar-refractivity contribution in [2.24, 2.45) is 5.92 Å². The average molecular weight is 531 g/mol. The predicted molar refractivity (Wildman–Crippen MR) is 135 cm³/mol. The SMILES string of the molecule is COCC(Nc1nnc(-c2ccc(Cl)cc2)o1)C1CCC(c2ccnc3ccc(C(F)(F)F)cc23)CC1. The Morgan fingerprint density at radius 1 is 1.05 bits per heavy atom. The molecule has 0 amide bonds. The molecule has 10 heteroatoms. The monoisotopic (exact) mass is 530 g/mol. The minimum Gasteiger partial charge on any atom is -0.403 e. The van der Waals surface area contributed by atoms with Gasteiger partial charge >= 0.3 is 12.2 Å². The lowest BCUT2D eigenvalue weighted by Gasteiger charge is -2.34. The molecule has 6 nitrogen and oxygen atoms in total. The van der Waals surface area contributed by atoms with Crippen molar-refractivity contribution in [2.45, 2.75) is 43.8 Å². The maximum atomic E-state index is 13.3.